The zero-order chi connectivity index (χ0) is 35.8. The molecule has 2 N–H and O–H groups in total. The standard InChI is InChI=1S/C36H63N5O6/c1-22(2)20-26(35(46)47-12)37-31(42)28-17-15-19-41(28)33(44)25(7)21-29(23(3)4)39(11)34(45)30(36(8,9)10)38-32(43)27-16-13-14-18-40(27)24(5)6/h21-24,26-30H,13-20H2,1-12H3,(H,37,42)(H,38,43)/t26-,27?,28-,29+,30+/m0/s1. The average molecular weight is 662 g/mol. The number of likely N-dealkylation sites (tertiary alicyclic amines) is 2. The summed E-state index contributed by atoms with van der Waals surface area (Å²) in [5, 5.41) is 5.93. The van der Waals surface area contributed by atoms with E-state index in [-0.39, 0.29) is 47.5 Å². The molecule has 1 unspecified atom stereocenters. The van der Waals surface area contributed by atoms with Crippen LogP contribution >= 0.6 is 0 Å². The third-order valence-corrected chi connectivity index (χ3v) is 9.47. The molecule has 4 amide bonds. The second-order valence-corrected chi connectivity index (χ2v) is 15.6. The summed E-state index contributed by atoms with van der Waals surface area (Å²) in [7, 11) is 3.02. The molecule has 11 heteroatoms. The van der Waals surface area contributed by atoms with Crippen LogP contribution in [0.25, 0.3) is 0 Å². The molecule has 11 nitrogen and oxygen atoms in total. The largest absolute Gasteiger partial charge is 0.467 e. The van der Waals surface area contributed by atoms with Crippen molar-refractivity contribution in [3.05, 3.63) is 11.6 Å². The smallest absolute Gasteiger partial charge is 0.328 e. The van der Waals surface area contributed by atoms with Gasteiger partial charge >= 0.3 is 5.97 Å². The number of rotatable bonds is 13. The normalized spacial score (nSPS) is 21.4. The highest BCUT2D eigenvalue weighted by Gasteiger charge is 2.41. The summed E-state index contributed by atoms with van der Waals surface area (Å²) in [4.78, 5) is 72.7. The molecule has 0 bridgehead atoms. The lowest BCUT2D eigenvalue weighted by Gasteiger charge is -2.41. The van der Waals surface area contributed by atoms with Crippen LogP contribution in [-0.2, 0) is 28.7 Å². The van der Waals surface area contributed by atoms with Crippen molar-refractivity contribution in [1.82, 2.24) is 25.3 Å². The molecule has 0 aromatic heterocycles. The van der Waals surface area contributed by atoms with Gasteiger partial charge < -0.3 is 25.2 Å². The number of ether oxygens (including phenoxy) is 1. The zero-order valence-corrected chi connectivity index (χ0v) is 31.1. The molecule has 268 valence electrons. The first-order chi connectivity index (χ1) is 21.8. The molecule has 0 radical (unpaired) electrons. The van der Waals surface area contributed by atoms with Crippen molar-refractivity contribution in [2.45, 2.75) is 144 Å². The van der Waals surface area contributed by atoms with Crippen molar-refractivity contribution in [2.75, 3.05) is 27.2 Å². The van der Waals surface area contributed by atoms with Crippen LogP contribution in [0.2, 0.25) is 0 Å². The zero-order valence-electron chi connectivity index (χ0n) is 31.1. The molecule has 2 fully saturated rings. The van der Waals surface area contributed by atoms with Crippen LogP contribution < -0.4 is 10.6 Å². The van der Waals surface area contributed by atoms with E-state index in [4.69, 9.17) is 4.74 Å². The van der Waals surface area contributed by atoms with Crippen molar-refractivity contribution in [3.8, 4) is 0 Å². The van der Waals surface area contributed by atoms with E-state index in [0.29, 0.717) is 31.4 Å². The second-order valence-electron chi connectivity index (χ2n) is 15.6. The maximum absolute atomic E-state index is 14.2. The monoisotopic (exact) mass is 661 g/mol. The van der Waals surface area contributed by atoms with Crippen LogP contribution in [0, 0.1) is 17.3 Å². The first-order valence-corrected chi connectivity index (χ1v) is 17.5. The van der Waals surface area contributed by atoms with E-state index in [0.717, 1.165) is 25.8 Å². The van der Waals surface area contributed by atoms with Crippen molar-refractivity contribution >= 4 is 29.6 Å². The van der Waals surface area contributed by atoms with Crippen molar-refractivity contribution in [3.63, 3.8) is 0 Å². The summed E-state index contributed by atoms with van der Waals surface area (Å²) in [6.07, 6.45) is 6.19. The maximum atomic E-state index is 14.2. The van der Waals surface area contributed by atoms with Crippen LogP contribution in [0.3, 0.4) is 0 Å². The molecule has 0 saturated carbocycles. The van der Waals surface area contributed by atoms with E-state index in [1.54, 1.807) is 29.8 Å². The van der Waals surface area contributed by atoms with E-state index >= 15 is 0 Å². The fourth-order valence-electron chi connectivity index (χ4n) is 6.77. The van der Waals surface area contributed by atoms with Gasteiger partial charge in [-0.2, -0.15) is 0 Å². The lowest BCUT2D eigenvalue weighted by molar-refractivity contribution is -0.146. The van der Waals surface area contributed by atoms with Gasteiger partial charge in [0.25, 0.3) is 0 Å². The van der Waals surface area contributed by atoms with Crippen LogP contribution in [0.15, 0.2) is 11.6 Å². The Kier molecular flexibility index (Phi) is 14.9. The molecule has 47 heavy (non-hydrogen) atoms. The lowest BCUT2D eigenvalue weighted by atomic mass is 9.84. The van der Waals surface area contributed by atoms with Crippen LogP contribution in [-0.4, -0.2) is 108 Å². The van der Waals surface area contributed by atoms with Gasteiger partial charge in [0, 0.05) is 25.2 Å². The van der Waals surface area contributed by atoms with Gasteiger partial charge in [-0.25, -0.2) is 4.79 Å². The minimum atomic E-state index is -0.783. The number of amides is 4. The highest BCUT2D eigenvalue weighted by atomic mass is 16.5. The Balaban J connectivity index is 2.27. The van der Waals surface area contributed by atoms with Gasteiger partial charge in [-0.15, -0.1) is 0 Å². The van der Waals surface area contributed by atoms with Gasteiger partial charge in [-0.1, -0.05) is 61.0 Å². The summed E-state index contributed by atoms with van der Waals surface area (Å²) < 4.78 is 4.90. The van der Waals surface area contributed by atoms with E-state index in [1.165, 1.54) is 7.11 Å². The van der Waals surface area contributed by atoms with E-state index < -0.39 is 35.6 Å². The molecule has 2 rings (SSSR count). The summed E-state index contributed by atoms with van der Waals surface area (Å²) in [5.74, 6) is -1.37. The van der Waals surface area contributed by atoms with Crippen LogP contribution in [0.5, 0.6) is 0 Å². The van der Waals surface area contributed by atoms with Gasteiger partial charge in [0.15, 0.2) is 0 Å². The number of likely N-dealkylation sites (N-methyl/N-ethyl adjacent to an activating group) is 1. The molecule has 2 saturated heterocycles. The second kappa shape index (κ2) is 17.4. The molecule has 5 atom stereocenters. The molecule has 0 aromatic carbocycles. The van der Waals surface area contributed by atoms with Crippen LogP contribution in [0.1, 0.15) is 108 Å². The molecular weight excluding hydrogens is 598 g/mol. The number of nitrogens with zero attached hydrogens (tertiary/aromatic N) is 3. The number of hydrogen-bond donors (Lipinski definition) is 2. The van der Waals surface area contributed by atoms with Gasteiger partial charge in [0.2, 0.25) is 23.6 Å². The highest BCUT2D eigenvalue weighted by molar-refractivity contribution is 5.98. The quantitative estimate of drug-likeness (QED) is 0.226. The SMILES string of the molecule is COC(=O)[C@H](CC(C)C)NC(=O)[C@@H]1CCCN1C(=O)C(C)=C[C@H](C(C)C)N(C)C(=O)[C@@H](NC(=O)C1CCCCN1C(C)C)C(C)(C)C. The Morgan fingerprint density at radius 1 is 0.894 bits per heavy atom. The molecule has 2 heterocycles. The van der Waals surface area contributed by atoms with Gasteiger partial charge in [0.05, 0.1) is 19.2 Å². The first kappa shape index (κ1) is 40.2. The minimum absolute atomic E-state index is 0.0349. The van der Waals surface area contributed by atoms with Crippen molar-refractivity contribution in [2.24, 2.45) is 17.3 Å². The third-order valence-electron chi connectivity index (χ3n) is 9.47. The number of methoxy groups -OCH3 is 1. The number of nitrogens with one attached hydrogen (secondary N) is 2. The minimum Gasteiger partial charge on any atom is -0.467 e. The average Bonchev–Trinajstić information content (AvgIpc) is 3.49. The fraction of sp³-hybridized carbons (Fsp3) is 0.806. The molecule has 2 aliphatic heterocycles. The lowest BCUT2D eigenvalue weighted by Crippen LogP contribution is -2.60. The number of carbonyl (C=O) groups is 5. The summed E-state index contributed by atoms with van der Waals surface area (Å²) in [6.45, 7) is 20.9. The Morgan fingerprint density at radius 2 is 1.49 bits per heavy atom. The summed E-state index contributed by atoms with van der Waals surface area (Å²) >= 11 is 0. The van der Waals surface area contributed by atoms with Crippen molar-refractivity contribution < 1.29 is 28.7 Å². The van der Waals surface area contributed by atoms with E-state index in [2.05, 4.69) is 29.4 Å². The Bertz CT molecular complexity index is 1140. The van der Waals surface area contributed by atoms with Gasteiger partial charge in [-0.3, -0.25) is 24.1 Å². The summed E-state index contributed by atoms with van der Waals surface area (Å²) in [5.41, 5.74) is -0.122. The molecular formula is C36H63N5O6. The Morgan fingerprint density at radius 3 is 2.02 bits per heavy atom. The van der Waals surface area contributed by atoms with Gasteiger partial charge in [-0.05, 0) is 76.7 Å². The predicted octanol–water partition coefficient (Wildman–Crippen LogP) is 3.90. The number of hydrogen-bond acceptors (Lipinski definition) is 7. The first-order valence-electron chi connectivity index (χ1n) is 17.5. The third kappa shape index (κ3) is 10.8. The molecule has 0 aromatic rings. The van der Waals surface area contributed by atoms with Gasteiger partial charge in [0.1, 0.15) is 18.1 Å². The van der Waals surface area contributed by atoms with E-state index in [1.807, 2.05) is 48.5 Å². The predicted molar refractivity (Wildman–Crippen MR) is 184 cm³/mol. The Labute approximate surface area is 283 Å². The maximum Gasteiger partial charge on any atom is 0.328 e. The molecule has 2 aliphatic rings. The number of carbonyl (C=O) groups excluding carboxylic acids is 5. The topological polar surface area (TPSA) is 128 Å². The van der Waals surface area contributed by atoms with Crippen molar-refractivity contribution in [1.29, 1.82) is 0 Å². The Hall–Kier alpha value is -2.95. The molecule has 0 spiro atoms. The molecule has 0 aliphatic carbocycles. The number of piperidine rings is 1. The van der Waals surface area contributed by atoms with Crippen LogP contribution in [0.4, 0.5) is 0 Å². The van der Waals surface area contributed by atoms with E-state index in [9.17, 15) is 24.0 Å². The fourth-order valence-corrected chi connectivity index (χ4v) is 6.77. The summed E-state index contributed by atoms with van der Waals surface area (Å²) in [6, 6.07) is -2.72. The number of esters is 1. The highest BCUT2D eigenvalue weighted by Crippen LogP contribution is 2.27.